The van der Waals surface area contributed by atoms with E-state index in [1.807, 2.05) is 4.57 Å². The number of rotatable bonds is 3. The minimum absolute atomic E-state index is 0.235. The van der Waals surface area contributed by atoms with Gasteiger partial charge in [-0.25, -0.2) is 0 Å². The molecule has 1 aliphatic rings. The van der Waals surface area contributed by atoms with Crippen LogP contribution in [-0.2, 0) is 13.0 Å². The van der Waals surface area contributed by atoms with Crippen LogP contribution in [0.5, 0.6) is 0 Å². The van der Waals surface area contributed by atoms with E-state index in [1.165, 1.54) is 6.42 Å². The zero-order valence-electron chi connectivity index (χ0n) is 12.5. The highest BCUT2D eigenvalue weighted by Gasteiger charge is 2.21. The number of carbonyl (C=O) groups is 1. The predicted octanol–water partition coefficient (Wildman–Crippen LogP) is 2.78. The second-order valence-corrected chi connectivity index (χ2v) is 5.71. The summed E-state index contributed by atoms with van der Waals surface area (Å²) in [5.74, 6) is -0.670. The van der Waals surface area contributed by atoms with Crippen molar-refractivity contribution in [2.75, 3.05) is 0 Å². The van der Waals surface area contributed by atoms with E-state index < -0.39 is 5.91 Å². The second-order valence-electron chi connectivity index (χ2n) is 5.30. The van der Waals surface area contributed by atoms with Crippen molar-refractivity contribution in [3.8, 4) is 0 Å². The number of halogens is 1. The first-order valence-corrected chi connectivity index (χ1v) is 7.77. The fraction of sp³-hybridized carbons (Fsp3) is 0.375. The number of guanidine groups is 1. The molecular weight excluding hydrogens is 300 g/mol. The van der Waals surface area contributed by atoms with Crippen LogP contribution < -0.4 is 11.5 Å². The highest BCUT2D eigenvalue weighted by molar-refractivity contribution is 6.49. The van der Waals surface area contributed by atoms with Crippen LogP contribution in [0.2, 0.25) is 0 Å². The van der Waals surface area contributed by atoms with Gasteiger partial charge in [0, 0.05) is 22.8 Å². The summed E-state index contributed by atoms with van der Waals surface area (Å²) in [7, 11) is 0. The maximum Gasteiger partial charge on any atom is 0.296 e. The highest BCUT2D eigenvalue weighted by Crippen LogP contribution is 2.30. The van der Waals surface area contributed by atoms with Gasteiger partial charge in [-0.1, -0.05) is 37.1 Å². The summed E-state index contributed by atoms with van der Waals surface area (Å²) in [5.41, 5.74) is 13.1. The number of hydrogen-bond acceptors (Lipinski definition) is 1. The van der Waals surface area contributed by atoms with Gasteiger partial charge in [-0.15, -0.1) is 0 Å². The van der Waals surface area contributed by atoms with Gasteiger partial charge in [-0.2, -0.15) is 4.99 Å². The molecule has 118 valence electrons. The molecule has 0 aliphatic carbocycles. The number of aliphatic imine (C=N–C) groups is 1. The van der Waals surface area contributed by atoms with Crippen LogP contribution in [0.25, 0.3) is 5.03 Å². The molecule has 0 atom stereocenters. The van der Waals surface area contributed by atoms with Crippen molar-refractivity contribution in [2.24, 2.45) is 16.5 Å². The van der Waals surface area contributed by atoms with Crippen LogP contribution in [-0.4, -0.2) is 16.4 Å². The Hall–Kier alpha value is -2.01. The lowest BCUT2D eigenvalue weighted by atomic mass is 10.1. The SMILES string of the molecule is C=C/C=C(/Cl)c1cc(C(=O)N=C(N)N)n2c1CCCCCC2. The monoisotopic (exact) mass is 320 g/mol. The average molecular weight is 321 g/mol. The molecular formula is C16H21ClN4O. The smallest absolute Gasteiger partial charge is 0.296 e. The van der Waals surface area contributed by atoms with Crippen molar-refractivity contribution in [1.82, 2.24) is 4.57 Å². The molecule has 0 aromatic carbocycles. The fourth-order valence-electron chi connectivity index (χ4n) is 2.78. The zero-order chi connectivity index (χ0) is 16.1. The van der Waals surface area contributed by atoms with E-state index >= 15 is 0 Å². The van der Waals surface area contributed by atoms with Crippen LogP contribution >= 0.6 is 11.6 Å². The topological polar surface area (TPSA) is 86.4 Å². The van der Waals surface area contributed by atoms with Crippen molar-refractivity contribution in [2.45, 2.75) is 38.6 Å². The zero-order valence-corrected chi connectivity index (χ0v) is 13.3. The van der Waals surface area contributed by atoms with E-state index in [-0.39, 0.29) is 5.96 Å². The average Bonchev–Trinajstić information content (AvgIpc) is 2.76. The minimum Gasteiger partial charge on any atom is -0.370 e. The van der Waals surface area contributed by atoms with Gasteiger partial charge in [0.2, 0.25) is 0 Å². The Kier molecular flexibility index (Phi) is 5.44. The lowest BCUT2D eigenvalue weighted by Crippen LogP contribution is -2.25. The van der Waals surface area contributed by atoms with Gasteiger partial charge in [0.25, 0.3) is 5.91 Å². The van der Waals surface area contributed by atoms with Crippen molar-refractivity contribution in [3.05, 3.63) is 41.7 Å². The molecule has 0 bridgehead atoms. The molecule has 1 aromatic heterocycles. The predicted molar refractivity (Wildman–Crippen MR) is 90.8 cm³/mol. The molecule has 1 amide bonds. The third-order valence-corrected chi connectivity index (χ3v) is 4.05. The van der Waals surface area contributed by atoms with Gasteiger partial charge in [-0.3, -0.25) is 4.79 Å². The molecule has 2 rings (SSSR count). The highest BCUT2D eigenvalue weighted by atomic mass is 35.5. The number of amides is 1. The van der Waals surface area contributed by atoms with Crippen molar-refractivity contribution < 1.29 is 4.79 Å². The number of aromatic nitrogens is 1. The largest absolute Gasteiger partial charge is 0.370 e. The molecule has 6 heteroatoms. The Morgan fingerprint density at radius 1 is 1.32 bits per heavy atom. The number of hydrogen-bond donors (Lipinski definition) is 2. The van der Waals surface area contributed by atoms with E-state index in [2.05, 4.69) is 11.6 Å². The second kappa shape index (κ2) is 7.31. The number of allylic oxidation sites excluding steroid dienone is 2. The molecule has 0 saturated heterocycles. The van der Waals surface area contributed by atoms with E-state index in [9.17, 15) is 4.79 Å². The standard InChI is InChI=1S/C16H21ClN4O/c1-2-7-12(17)11-10-14(15(22)20-16(18)19)21-9-6-4-3-5-8-13(11)21/h2,7,10H,1,3-6,8-9H2,(H4,18,19,20,22)/b12-7+. The van der Waals surface area contributed by atoms with Gasteiger partial charge in [0.05, 0.1) is 0 Å². The first-order chi connectivity index (χ1) is 10.5. The summed E-state index contributed by atoms with van der Waals surface area (Å²) in [6.45, 7) is 4.44. The molecule has 4 N–H and O–H groups in total. The van der Waals surface area contributed by atoms with Crippen molar-refractivity contribution >= 4 is 28.5 Å². The van der Waals surface area contributed by atoms with Crippen LogP contribution in [0.3, 0.4) is 0 Å². The number of fused-ring (bicyclic) bond motifs is 1. The first-order valence-electron chi connectivity index (χ1n) is 7.39. The molecule has 0 spiro atoms. The van der Waals surface area contributed by atoms with Gasteiger partial charge in [0.1, 0.15) is 5.69 Å². The molecule has 1 aliphatic heterocycles. The van der Waals surface area contributed by atoms with Gasteiger partial charge >= 0.3 is 0 Å². The van der Waals surface area contributed by atoms with E-state index in [1.54, 1.807) is 18.2 Å². The molecule has 0 saturated carbocycles. The summed E-state index contributed by atoms with van der Waals surface area (Å²) in [6, 6.07) is 1.78. The molecule has 2 heterocycles. The van der Waals surface area contributed by atoms with Crippen molar-refractivity contribution in [1.29, 1.82) is 0 Å². The summed E-state index contributed by atoms with van der Waals surface area (Å²) >= 11 is 6.34. The molecule has 5 nitrogen and oxygen atoms in total. The van der Waals surface area contributed by atoms with Gasteiger partial charge in [-0.05, 0) is 31.4 Å². The summed E-state index contributed by atoms with van der Waals surface area (Å²) < 4.78 is 2.00. The maximum absolute atomic E-state index is 12.3. The van der Waals surface area contributed by atoms with Crippen LogP contribution in [0.4, 0.5) is 0 Å². The first kappa shape index (κ1) is 16.4. The molecule has 22 heavy (non-hydrogen) atoms. The third-order valence-electron chi connectivity index (χ3n) is 3.73. The summed E-state index contributed by atoms with van der Waals surface area (Å²) in [5, 5.41) is 0.572. The van der Waals surface area contributed by atoms with Crippen molar-refractivity contribution in [3.63, 3.8) is 0 Å². The fourth-order valence-corrected chi connectivity index (χ4v) is 3.03. The number of nitrogens with two attached hydrogens (primary N) is 2. The normalized spacial score (nSPS) is 15.4. The summed E-state index contributed by atoms with van der Waals surface area (Å²) in [6.07, 6.45) is 8.67. The third kappa shape index (κ3) is 3.60. The van der Waals surface area contributed by atoms with Gasteiger partial charge in [0.15, 0.2) is 5.96 Å². The van der Waals surface area contributed by atoms with Crippen LogP contribution in [0, 0.1) is 0 Å². The number of carbonyl (C=O) groups excluding carboxylic acids is 1. The molecule has 0 fully saturated rings. The Balaban J connectivity index is 2.56. The molecule has 1 aromatic rings. The summed E-state index contributed by atoms with van der Waals surface area (Å²) in [4.78, 5) is 15.9. The Morgan fingerprint density at radius 3 is 2.73 bits per heavy atom. The number of nitrogens with zero attached hydrogens (tertiary/aromatic N) is 2. The van der Waals surface area contributed by atoms with Gasteiger partial charge < -0.3 is 16.0 Å². The van der Waals surface area contributed by atoms with Crippen LogP contribution in [0.1, 0.15) is 47.4 Å². The lowest BCUT2D eigenvalue weighted by Gasteiger charge is -2.16. The Labute approximate surface area is 135 Å². The van der Waals surface area contributed by atoms with E-state index in [0.717, 1.165) is 43.5 Å². The maximum atomic E-state index is 12.3. The van der Waals surface area contributed by atoms with Crippen LogP contribution in [0.15, 0.2) is 29.8 Å². The minimum atomic E-state index is -0.434. The lowest BCUT2D eigenvalue weighted by molar-refractivity contribution is 0.0993. The molecule has 0 unspecified atom stereocenters. The Morgan fingerprint density at radius 2 is 2.05 bits per heavy atom. The van der Waals surface area contributed by atoms with E-state index in [4.69, 9.17) is 23.1 Å². The quantitative estimate of drug-likeness (QED) is 0.510. The Bertz CT molecular complexity index is 639. The van der Waals surface area contributed by atoms with E-state index in [0.29, 0.717) is 10.7 Å². The molecule has 0 radical (unpaired) electrons.